The fourth-order valence-electron chi connectivity index (χ4n) is 3.68. The molecule has 3 rings (SSSR count). The summed E-state index contributed by atoms with van der Waals surface area (Å²) in [5.74, 6) is 0. The van der Waals surface area contributed by atoms with Crippen LogP contribution in [0.25, 0.3) is 0 Å². The van der Waals surface area contributed by atoms with Crippen LogP contribution in [0.3, 0.4) is 0 Å². The molecule has 0 aromatic heterocycles. The lowest BCUT2D eigenvalue weighted by Gasteiger charge is -2.40. The zero-order valence-electron chi connectivity index (χ0n) is 12.7. The molecule has 1 aromatic carbocycles. The SMILES string of the molecule is Nc1cc(CN2CCC(N3CCCCC3)CC2)ccc1Br. The van der Waals surface area contributed by atoms with Crippen LogP contribution in [0, 0.1) is 0 Å². The number of rotatable bonds is 3. The molecule has 2 aliphatic rings. The first-order valence-corrected chi connectivity index (χ1v) is 9.02. The number of benzene rings is 1. The van der Waals surface area contributed by atoms with Gasteiger partial charge in [-0.3, -0.25) is 4.90 Å². The maximum absolute atomic E-state index is 5.97. The summed E-state index contributed by atoms with van der Waals surface area (Å²) in [6, 6.07) is 7.17. The van der Waals surface area contributed by atoms with E-state index in [1.54, 1.807) is 0 Å². The van der Waals surface area contributed by atoms with Crippen LogP contribution >= 0.6 is 15.9 Å². The molecule has 116 valence electrons. The summed E-state index contributed by atoms with van der Waals surface area (Å²) in [5, 5.41) is 0. The van der Waals surface area contributed by atoms with Crippen molar-refractivity contribution in [3.05, 3.63) is 28.2 Å². The zero-order chi connectivity index (χ0) is 14.7. The second-order valence-electron chi connectivity index (χ2n) is 6.46. The van der Waals surface area contributed by atoms with Crippen LogP contribution in [0.5, 0.6) is 0 Å². The Morgan fingerprint density at radius 3 is 2.43 bits per heavy atom. The molecule has 2 saturated heterocycles. The highest BCUT2D eigenvalue weighted by Gasteiger charge is 2.25. The fourth-order valence-corrected chi connectivity index (χ4v) is 3.92. The Morgan fingerprint density at radius 1 is 1.05 bits per heavy atom. The summed E-state index contributed by atoms with van der Waals surface area (Å²) in [6.45, 7) is 6.13. The van der Waals surface area contributed by atoms with Crippen molar-refractivity contribution in [3.8, 4) is 0 Å². The van der Waals surface area contributed by atoms with Crippen LogP contribution in [0.15, 0.2) is 22.7 Å². The summed E-state index contributed by atoms with van der Waals surface area (Å²) in [4.78, 5) is 5.31. The molecule has 0 bridgehead atoms. The summed E-state index contributed by atoms with van der Waals surface area (Å²) < 4.78 is 0.995. The first-order valence-electron chi connectivity index (χ1n) is 8.23. The van der Waals surface area contributed by atoms with Crippen molar-refractivity contribution in [3.63, 3.8) is 0 Å². The van der Waals surface area contributed by atoms with Gasteiger partial charge in [-0.05, 0) is 85.5 Å². The molecule has 0 saturated carbocycles. The normalized spacial score (nSPS) is 22.5. The van der Waals surface area contributed by atoms with Gasteiger partial charge in [-0.2, -0.15) is 0 Å². The van der Waals surface area contributed by atoms with Crippen LogP contribution in [-0.4, -0.2) is 42.0 Å². The van der Waals surface area contributed by atoms with Gasteiger partial charge in [0, 0.05) is 22.7 Å². The van der Waals surface area contributed by atoms with E-state index in [2.05, 4.69) is 43.9 Å². The van der Waals surface area contributed by atoms with Crippen molar-refractivity contribution in [2.45, 2.75) is 44.7 Å². The summed E-state index contributed by atoms with van der Waals surface area (Å²) in [7, 11) is 0. The van der Waals surface area contributed by atoms with E-state index in [0.717, 1.165) is 22.7 Å². The average molecular weight is 352 g/mol. The molecule has 0 amide bonds. The van der Waals surface area contributed by atoms with E-state index >= 15 is 0 Å². The molecular weight excluding hydrogens is 326 g/mol. The lowest BCUT2D eigenvalue weighted by atomic mass is 9.99. The van der Waals surface area contributed by atoms with Gasteiger partial charge in [-0.1, -0.05) is 12.5 Å². The molecule has 2 N–H and O–H groups in total. The van der Waals surface area contributed by atoms with Crippen LogP contribution in [-0.2, 0) is 6.54 Å². The number of halogens is 1. The molecule has 0 unspecified atom stereocenters. The maximum Gasteiger partial charge on any atom is 0.0461 e. The third-order valence-electron chi connectivity index (χ3n) is 4.93. The Balaban J connectivity index is 1.50. The van der Waals surface area contributed by atoms with Crippen molar-refractivity contribution in [2.75, 3.05) is 31.9 Å². The van der Waals surface area contributed by atoms with Crippen molar-refractivity contribution >= 4 is 21.6 Å². The maximum atomic E-state index is 5.97. The Labute approximate surface area is 136 Å². The molecule has 0 spiro atoms. The number of nitrogens with two attached hydrogens (primary N) is 1. The van der Waals surface area contributed by atoms with Gasteiger partial charge < -0.3 is 10.6 Å². The van der Waals surface area contributed by atoms with Crippen LogP contribution in [0.1, 0.15) is 37.7 Å². The smallest absolute Gasteiger partial charge is 0.0461 e. The van der Waals surface area contributed by atoms with E-state index in [1.807, 2.05) is 0 Å². The highest BCUT2D eigenvalue weighted by molar-refractivity contribution is 9.10. The minimum absolute atomic E-state index is 0.830. The van der Waals surface area contributed by atoms with Gasteiger partial charge >= 0.3 is 0 Å². The molecular formula is C17H26BrN3. The highest BCUT2D eigenvalue weighted by atomic mass is 79.9. The number of hydrogen-bond acceptors (Lipinski definition) is 3. The van der Waals surface area contributed by atoms with E-state index in [4.69, 9.17) is 5.73 Å². The second kappa shape index (κ2) is 7.12. The minimum atomic E-state index is 0.830. The number of piperidine rings is 2. The molecule has 0 aliphatic carbocycles. The molecule has 2 heterocycles. The predicted octanol–water partition coefficient (Wildman–Crippen LogP) is 3.48. The summed E-state index contributed by atoms with van der Waals surface area (Å²) >= 11 is 3.46. The van der Waals surface area contributed by atoms with Gasteiger partial charge in [0.2, 0.25) is 0 Å². The van der Waals surface area contributed by atoms with E-state index in [9.17, 15) is 0 Å². The minimum Gasteiger partial charge on any atom is -0.398 e. The first kappa shape index (κ1) is 15.3. The average Bonchev–Trinajstić information content (AvgIpc) is 2.53. The number of nitrogen functional groups attached to an aromatic ring is 1. The standard InChI is InChI=1S/C17H26BrN3/c18-16-5-4-14(12-17(16)19)13-20-10-6-15(7-11-20)21-8-2-1-3-9-21/h4-5,12,15H,1-3,6-11,13,19H2. The first-order chi connectivity index (χ1) is 10.2. The highest BCUT2D eigenvalue weighted by Crippen LogP contribution is 2.24. The van der Waals surface area contributed by atoms with Crippen LogP contribution < -0.4 is 5.73 Å². The monoisotopic (exact) mass is 351 g/mol. The number of nitrogens with zero attached hydrogens (tertiary/aromatic N) is 2. The molecule has 4 heteroatoms. The Bertz CT molecular complexity index is 463. The summed E-state index contributed by atoms with van der Waals surface area (Å²) in [5.41, 5.74) is 8.14. The van der Waals surface area contributed by atoms with E-state index in [1.165, 1.54) is 63.8 Å². The lowest BCUT2D eigenvalue weighted by Crippen LogP contribution is -2.46. The molecule has 21 heavy (non-hydrogen) atoms. The van der Waals surface area contributed by atoms with E-state index in [-0.39, 0.29) is 0 Å². The molecule has 0 radical (unpaired) electrons. The molecule has 2 aliphatic heterocycles. The fraction of sp³-hybridized carbons (Fsp3) is 0.647. The third kappa shape index (κ3) is 3.99. The van der Waals surface area contributed by atoms with Gasteiger partial charge in [0.15, 0.2) is 0 Å². The van der Waals surface area contributed by atoms with Gasteiger partial charge in [0.25, 0.3) is 0 Å². The van der Waals surface area contributed by atoms with Gasteiger partial charge in [-0.25, -0.2) is 0 Å². The van der Waals surface area contributed by atoms with Crippen molar-refractivity contribution in [1.29, 1.82) is 0 Å². The van der Waals surface area contributed by atoms with Crippen LogP contribution in [0.4, 0.5) is 5.69 Å². The van der Waals surface area contributed by atoms with Gasteiger partial charge in [0.05, 0.1) is 0 Å². The lowest BCUT2D eigenvalue weighted by molar-refractivity contribution is 0.0896. The molecule has 1 aromatic rings. The quantitative estimate of drug-likeness (QED) is 0.846. The van der Waals surface area contributed by atoms with Crippen molar-refractivity contribution in [2.24, 2.45) is 0 Å². The predicted molar refractivity (Wildman–Crippen MR) is 92.3 cm³/mol. The topological polar surface area (TPSA) is 32.5 Å². The second-order valence-corrected chi connectivity index (χ2v) is 7.31. The summed E-state index contributed by atoms with van der Waals surface area (Å²) in [6.07, 6.45) is 6.88. The molecule has 0 atom stereocenters. The zero-order valence-corrected chi connectivity index (χ0v) is 14.3. The molecule has 3 nitrogen and oxygen atoms in total. The van der Waals surface area contributed by atoms with E-state index in [0.29, 0.717) is 0 Å². The Kier molecular flexibility index (Phi) is 5.19. The number of anilines is 1. The molecule has 2 fully saturated rings. The van der Waals surface area contributed by atoms with Crippen LogP contribution in [0.2, 0.25) is 0 Å². The van der Waals surface area contributed by atoms with Crippen molar-refractivity contribution < 1.29 is 0 Å². The Morgan fingerprint density at radius 2 is 1.76 bits per heavy atom. The Hall–Kier alpha value is -0.580. The van der Waals surface area contributed by atoms with Gasteiger partial charge in [0.1, 0.15) is 0 Å². The van der Waals surface area contributed by atoms with Crippen molar-refractivity contribution in [1.82, 2.24) is 9.80 Å². The number of likely N-dealkylation sites (tertiary alicyclic amines) is 2. The third-order valence-corrected chi connectivity index (χ3v) is 5.65. The largest absolute Gasteiger partial charge is 0.398 e. The number of hydrogen-bond donors (Lipinski definition) is 1. The van der Waals surface area contributed by atoms with Gasteiger partial charge in [-0.15, -0.1) is 0 Å². The van der Waals surface area contributed by atoms with E-state index < -0.39 is 0 Å².